The fourth-order valence-electron chi connectivity index (χ4n) is 2.71. The van der Waals surface area contributed by atoms with Crippen molar-refractivity contribution in [2.45, 2.75) is 6.92 Å². The Hall–Kier alpha value is -4.19. The highest BCUT2D eigenvalue weighted by Crippen LogP contribution is 2.28. The molecule has 3 rings (SSSR count). The summed E-state index contributed by atoms with van der Waals surface area (Å²) in [5.41, 5.74) is 6.33. The molecular weight excluding hydrogens is 400 g/mol. The first kappa shape index (κ1) is 22.5. The second kappa shape index (κ2) is 11.9. The van der Waals surface area contributed by atoms with Crippen LogP contribution in [0.15, 0.2) is 113 Å². The van der Waals surface area contributed by atoms with E-state index >= 15 is 0 Å². The topological polar surface area (TPSA) is 67.6 Å². The van der Waals surface area contributed by atoms with Crippen LogP contribution in [-0.4, -0.2) is 19.0 Å². The highest BCUT2D eigenvalue weighted by Gasteiger charge is 2.07. The predicted molar refractivity (Wildman–Crippen MR) is 130 cm³/mol. The number of hydrogen-bond donors (Lipinski definition) is 1. The zero-order valence-corrected chi connectivity index (χ0v) is 18.1. The van der Waals surface area contributed by atoms with E-state index in [-0.39, 0.29) is 0 Å². The number of benzene rings is 3. The van der Waals surface area contributed by atoms with Gasteiger partial charge in [-0.05, 0) is 31.2 Å². The van der Waals surface area contributed by atoms with Crippen LogP contribution in [0.3, 0.4) is 0 Å². The van der Waals surface area contributed by atoms with Crippen LogP contribution in [0.5, 0.6) is 11.5 Å². The highest BCUT2D eigenvalue weighted by atomic mass is 16.5. The van der Waals surface area contributed by atoms with Crippen molar-refractivity contribution in [3.05, 3.63) is 109 Å². The first-order valence-electron chi connectivity index (χ1n) is 10.2. The number of nitrogens with one attached hydrogen (secondary N) is 1. The van der Waals surface area contributed by atoms with Gasteiger partial charge in [0, 0.05) is 5.56 Å². The van der Waals surface area contributed by atoms with Crippen molar-refractivity contribution in [3.63, 3.8) is 0 Å². The Morgan fingerprint density at radius 3 is 2.19 bits per heavy atom. The number of anilines is 1. The van der Waals surface area contributed by atoms with Gasteiger partial charge in [0.1, 0.15) is 30.4 Å². The van der Waals surface area contributed by atoms with Crippen LogP contribution in [-0.2, 0) is 0 Å². The summed E-state index contributed by atoms with van der Waals surface area (Å²) in [6.45, 7) is 10.2. The van der Waals surface area contributed by atoms with Crippen LogP contribution in [0.2, 0.25) is 0 Å². The summed E-state index contributed by atoms with van der Waals surface area (Å²) < 4.78 is 11.4. The molecule has 0 heterocycles. The maximum atomic E-state index is 5.69. The summed E-state index contributed by atoms with van der Waals surface area (Å²) in [4.78, 5) is 0. The van der Waals surface area contributed by atoms with Gasteiger partial charge in [0.15, 0.2) is 0 Å². The van der Waals surface area contributed by atoms with Gasteiger partial charge < -0.3 is 9.47 Å². The summed E-state index contributed by atoms with van der Waals surface area (Å²) in [6.07, 6.45) is 3.38. The largest absolute Gasteiger partial charge is 0.487 e. The first-order chi connectivity index (χ1) is 15.7. The number of nitrogens with zero attached hydrogens (tertiary/aromatic N) is 3. The molecule has 0 bridgehead atoms. The lowest BCUT2D eigenvalue weighted by atomic mass is 10.1. The molecule has 0 aliphatic rings. The second-order valence-electron chi connectivity index (χ2n) is 6.78. The lowest BCUT2D eigenvalue weighted by Gasteiger charge is -2.10. The van der Waals surface area contributed by atoms with E-state index in [1.54, 1.807) is 12.2 Å². The van der Waals surface area contributed by atoms with E-state index < -0.39 is 0 Å². The third-order valence-corrected chi connectivity index (χ3v) is 4.31. The molecule has 0 aliphatic carbocycles. The van der Waals surface area contributed by atoms with Crippen LogP contribution >= 0.6 is 0 Å². The van der Waals surface area contributed by atoms with Gasteiger partial charge in [-0.15, -0.1) is 10.2 Å². The number of hydrogen-bond acceptors (Lipinski definition) is 5. The Bertz CT molecular complexity index is 1100. The fraction of sp³-hybridized carbons (Fsp3) is 0.115. The second-order valence-corrected chi connectivity index (χ2v) is 6.78. The minimum atomic E-state index is 0.383. The predicted octanol–water partition coefficient (Wildman–Crippen LogP) is 6.68. The van der Waals surface area contributed by atoms with Crippen molar-refractivity contribution in [3.8, 4) is 11.5 Å². The Labute approximate surface area is 188 Å². The Kier molecular flexibility index (Phi) is 8.34. The van der Waals surface area contributed by atoms with Gasteiger partial charge in [-0.1, -0.05) is 79.4 Å². The lowest BCUT2D eigenvalue weighted by molar-refractivity contribution is 0.364. The molecule has 0 amide bonds. The minimum absolute atomic E-state index is 0.383. The van der Waals surface area contributed by atoms with Gasteiger partial charge in [0.05, 0.1) is 5.69 Å². The molecule has 0 saturated carbocycles. The Balaban J connectivity index is 1.92. The Morgan fingerprint density at radius 2 is 1.47 bits per heavy atom. The summed E-state index contributed by atoms with van der Waals surface area (Å²) in [5, 5.41) is 13.3. The van der Waals surface area contributed by atoms with Gasteiger partial charge in [-0.3, -0.25) is 5.43 Å². The van der Waals surface area contributed by atoms with Crippen LogP contribution < -0.4 is 14.9 Å². The molecular formula is C26H26N4O2. The van der Waals surface area contributed by atoms with E-state index in [2.05, 4.69) is 33.9 Å². The molecule has 0 spiro atoms. The molecule has 0 aliphatic heterocycles. The molecule has 6 heteroatoms. The van der Waals surface area contributed by atoms with E-state index in [1.165, 1.54) is 0 Å². The van der Waals surface area contributed by atoms with Crippen LogP contribution in [0.1, 0.15) is 11.1 Å². The van der Waals surface area contributed by atoms with Crippen molar-refractivity contribution in [1.29, 1.82) is 0 Å². The highest BCUT2D eigenvalue weighted by molar-refractivity contribution is 5.99. The zero-order chi connectivity index (χ0) is 22.6. The molecule has 0 saturated heterocycles. The van der Waals surface area contributed by atoms with Gasteiger partial charge in [0.2, 0.25) is 5.84 Å². The number of rotatable bonds is 10. The molecule has 0 atom stereocenters. The van der Waals surface area contributed by atoms with Gasteiger partial charge in [0.25, 0.3) is 0 Å². The third kappa shape index (κ3) is 6.40. The minimum Gasteiger partial charge on any atom is -0.487 e. The number of azo groups is 1. The van der Waals surface area contributed by atoms with E-state index in [1.807, 2.05) is 79.7 Å². The first-order valence-corrected chi connectivity index (χ1v) is 10.2. The molecule has 6 nitrogen and oxygen atoms in total. The third-order valence-electron chi connectivity index (χ3n) is 4.31. The number of hydrazone groups is 1. The van der Waals surface area contributed by atoms with Crippen LogP contribution in [0, 0.1) is 6.92 Å². The monoisotopic (exact) mass is 426 g/mol. The molecule has 0 fully saturated rings. The SMILES string of the molecule is C=CCOc1ccccc1N=N/C(=N/Nc1ccccc1OCC=C)c1ccc(C)cc1. The van der Waals surface area contributed by atoms with Crippen LogP contribution in [0.4, 0.5) is 11.4 Å². The molecule has 3 aromatic rings. The van der Waals surface area contributed by atoms with Crippen molar-refractivity contribution < 1.29 is 9.47 Å². The standard InChI is InChI=1S/C26H26N4O2/c1-4-18-31-24-12-8-6-10-22(24)27-29-26(21-16-14-20(3)15-17-21)30-28-23-11-7-9-13-25(23)32-19-5-2/h4-17,27H,1-2,18-19H2,3H3/b29-26+,30-28?. The van der Waals surface area contributed by atoms with E-state index in [9.17, 15) is 0 Å². The molecule has 0 aromatic heterocycles. The number of aryl methyl sites for hydroxylation is 1. The average Bonchev–Trinajstić information content (AvgIpc) is 2.83. The summed E-state index contributed by atoms with van der Waals surface area (Å²) >= 11 is 0. The van der Waals surface area contributed by atoms with Crippen LogP contribution in [0.25, 0.3) is 0 Å². The van der Waals surface area contributed by atoms with Crippen molar-refractivity contribution in [2.75, 3.05) is 18.6 Å². The van der Waals surface area contributed by atoms with Gasteiger partial charge >= 0.3 is 0 Å². The number of amidine groups is 1. The smallest absolute Gasteiger partial charge is 0.201 e. The molecule has 0 unspecified atom stereocenters. The van der Waals surface area contributed by atoms with E-state index in [0.717, 1.165) is 11.1 Å². The zero-order valence-electron chi connectivity index (χ0n) is 18.1. The van der Waals surface area contributed by atoms with E-state index in [0.29, 0.717) is 41.9 Å². The van der Waals surface area contributed by atoms with Crippen molar-refractivity contribution in [2.24, 2.45) is 15.3 Å². The quantitative estimate of drug-likeness (QED) is 0.129. The normalized spacial score (nSPS) is 11.2. The van der Waals surface area contributed by atoms with E-state index in [4.69, 9.17) is 9.47 Å². The van der Waals surface area contributed by atoms with Crippen molar-refractivity contribution >= 4 is 17.2 Å². The maximum Gasteiger partial charge on any atom is 0.201 e. The lowest BCUT2D eigenvalue weighted by Crippen LogP contribution is -2.03. The summed E-state index contributed by atoms with van der Waals surface area (Å²) in [6, 6.07) is 22.9. The summed E-state index contributed by atoms with van der Waals surface area (Å²) in [5.74, 6) is 1.71. The molecule has 0 radical (unpaired) electrons. The molecule has 3 aromatic carbocycles. The molecule has 162 valence electrons. The Morgan fingerprint density at radius 1 is 0.844 bits per heavy atom. The van der Waals surface area contributed by atoms with Gasteiger partial charge in [-0.2, -0.15) is 5.10 Å². The van der Waals surface area contributed by atoms with Gasteiger partial charge in [-0.25, -0.2) is 0 Å². The number of para-hydroxylation sites is 3. The van der Waals surface area contributed by atoms with Crippen molar-refractivity contribution in [1.82, 2.24) is 0 Å². The fourth-order valence-corrected chi connectivity index (χ4v) is 2.71. The molecule has 1 N–H and O–H groups in total. The summed E-state index contributed by atoms with van der Waals surface area (Å²) in [7, 11) is 0. The maximum absolute atomic E-state index is 5.69. The average molecular weight is 427 g/mol. The molecule has 32 heavy (non-hydrogen) atoms. The number of ether oxygens (including phenoxy) is 2.